The predicted octanol–water partition coefficient (Wildman–Crippen LogP) is 4.23. The lowest BCUT2D eigenvalue weighted by Crippen LogP contribution is -2.34. The van der Waals surface area contributed by atoms with E-state index >= 15 is 0 Å². The van der Waals surface area contributed by atoms with E-state index < -0.39 is 17.8 Å². The Morgan fingerprint density at radius 3 is 2.49 bits per heavy atom. The van der Waals surface area contributed by atoms with Gasteiger partial charge in [-0.3, -0.25) is 0 Å². The van der Waals surface area contributed by atoms with E-state index in [9.17, 15) is 15.2 Å². The van der Waals surface area contributed by atoms with Crippen molar-refractivity contribution in [2.75, 3.05) is 20.4 Å². The average Bonchev–Trinajstić information content (AvgIpc) is 2.83. The number of nitrogens with one attached hydrogen (secondary N) is 1. The molecule has 2 aromatic carbocycles. The van der Waals surface area contributed by atoms with Crippen LogP contribution in [0.5, 0.6) is 11.5 Å². The molecule has 0 spiro atoms. The Hall–Kier alpha value is -3.87. The van der Waals surface area contributed by atoms with Crippen LogP contribution in [0.2, 0.25) is 0 Å². The van der Waals surface area contributed by atoms with Gasteiger partial charge in [0.1, 0.15) is 35.3 Å². The summed E-state index contributed by atoms with van der Waals surface area (Å²) in [5, 5.41) is 23.3. The summed E-state index contributed by atoms with van der Waals surface area (Å²) in [5.74, 6) is 0.989. The number of benzene rings is 2. The van der Waals surface area contributed by atoms with Crippen molar-refractivity contribution in [1.29, 1.82) is 5.26 Å². The van der Waals surface area contributed by atoms with E-state index in [2.05, 4.69) is 16.4 Å². The van der Waals surface area contributed by atoms with Gasteiger partial charge in [-0.1, -0.05) is 18.2 Å². The molecule has 0 fully saturated rings. The monoisotopic (exact) mass is 479 g/mol. The van der Waals surface area contributed by atoms with Crippen molar-refractivity contribution in [1.82, 2.24) is 10.3 Å². The van der Waals surface area contributed by atoms with Gasteiger partial charge < -0.3 is 29.4 Å². The fourth-order valence-electron chi connectivity index (χ4n) is 3.20. The number of aromatic nitrogens is 1. The van der Waals surface area contributed by atoms with Crippen LogP contribution >= 0.6 is 0 Å². The topological polar surface area (TPSA) is 123 Å². The molecule has 1 heterocycles. The van der Waals surface area contributed by atoms with Crippen LogP contribution in [0.25, 0.3) is 10.9 Å². The van der Waals surface area contributed by atoms with Crippen molar-refractivity contribution in [2.45, 2.75) is 39.1 Å². The third-order valence-corrected chi connectivity index (χ3v) is 4.82. The average molecular weight is 480 g/mol. The van der Waals surface area contributed by atoms with Gasteiger partial charge in [-0.05, 0) is 56.7 Å². The van der Waals surface area contributed by atoms with E-state index in [1.165, 1.54) is 7.11 Å². The van der Waals surface area contributed by atoms with Crippen LogP contribution in [0.4, 0.5) is 4.79 Å². The second kappa shape index (κ2) is 11.5. The van der Waals surface area contributed by atoms with Crippen LogP contribution in [-0.2, 0) is 16.1 Å². The summed E-state index contributed by atoms with van der Waals surface area (Å²) in [7, 11) is 1.51. The fourth-order valence-corrected chi connectivity index (χ4v) is 3.20. The number of aliphatic hydroxyl groups excluding tert-OH is 1. The van der Waals surface area contributed by atoms with Gasteiger partial charge in [0.05, 0.1) is 23.9 Å². The summed E-state index contributed by atoms with van der Waals surface area (Å²) in [5.41, 5.74) is 1.52. The predicted molar refractivity (Wildman–Crippen MR) is 129 cm³/mol. The molecule has 0 aliphatic heterocycles. The van der Waals surface area contributed by atoms with Gasteiger partial charge in [-0.15, -0.1) is 0 Å². The molecule has 3 aromatic rings. The number of carbonyl (C=O) groups is 1. The molecule has 184 valence electrons. The first-order valence-electron chi connectivity index (χ1n) is 11.0. The number of rotatable bonds is 9. The van der Waals surface area contributed by atoms with Crippen molar-refractivity contribution in [2.24, 2.45) is 0 Å². The quantitative estimate of drug-likeness (QED) is 0.437. The van der Waals surface area contributed by atoms with Gasteiger partial charge in [0.15, 0.2) is 6.79 Å². The smallest absolute Gasteiger partial charge is 0.407 e. The van der Waals surface area contributed by atoms with Crippen LogP contribution < -0.4 is 14.8 Å². The molecule has 0 radical (unpaired) electrons. The SMILES string of the molecule is COCOc1ccc2ccc(COc3ccc(C(O)CNC(=O)OC(C)(C)C)cc3)nc2c1C#N. The number of fused-ring (bicyclic) bond motifs is 1. The minimum atomic E-state index is -0.891. The highest BCUT2D eigenvalue weighted by Crippen LogP contribution is 2.27. The molecular formula is C26H29N3O6. The molecule has 9 nitrogen and oxygen atoms in total. The Kier molecular flexibility index (Phi) is 8.47. The second-order valence-electron chi connectivity index (χ2n) is 8.73. The van der Waals surface area contributed by atoms with Gasteiger partial charge in [-0.2, -0.15) is 5.26 Å². The maximum Gasteiger partial charge on any atom is 0.407 e. The number of hydrogen-bond donors (Lipinski definition) is 2. The molecule has 35 heavy (non-hydrogen) atoms. The van der Waals surface area contributed by atoms with Crippen LogP contribution in [-0.4, -0.2) is 42.2 Å². The Bertz CT molecular complexity index is 1200. The molecule has 0 saturated carbocycles. The summed E-state index contributed by atoms with van der Waals surface area (Å²) in [4.78, 5) is 16.3. The van der Waals surface area contributed by atoms with E-state index in [1.807, 2.05) is 18.2 Å². The summed E-state index contributed by atoms with van der Waals surface area (Å²) in [6.45, 7) is 5.55. The summed E-state index contributed by atoms with van der Waals surface area (Å²) >= 11 is 0. The van der Waals surface area contributed by atoms with E-state index in [-0.39, 0.29) is 19.9 Å². The van der Waals surface area contributed by atoms with E-state index in [0.29, 0.717) is 33.8 Å². The molecule has 2 N–H and O–H groups in total. The molecule has 1 aromatic heterocycles. The molecular weight excluding hydrogens is 450 g/mol. The Balaban J connectivity index is 1.62. The molecule has 0 saturated heterocycles. The minimum absolute atomic E-state index is 0.0213. The van der Waals surface area contributed by atoms with Gasteiger partial charge in [0.2, 0.25) is 0 Å². The van der Waals surface area contributed by atoms with Crippen molar-refractivity contribution >= 4 is 17.0 Å². The maximum absolute atomic E-state index is 11.8. The number of hydrogen-bond acceptors (Lipinski definition) is 8. The summed E-state index contributed by atoms with van der Waals surface area (Å²) in [6.07, 6.45) is -1.48. The van der Waals surface area contributed by atoms with Crippen molar-refractivity contribution in [3.63, 3.8) is 0 Å². The number of alkyl carbamates (subject to hydrolysis) is 1. The maximum atomic E-state index is 11.8. The first kappa shape index (κ1) is 25.7. The molecule has 9 heteroatoms. The number of aliphatic hydroxyl groups is 1. The minimum Gasteiger partial charge on any atom is -0.487 e. The van der Waals surface area contributed by atoms with Crippen LogP contribution in [0.1, 0.15) is 43.7 Å². The Morgan fingerprint density at radius 1 is 1.11 bits per heavy atom. The highest BCUT2D eigenvalue weighted by atomic mass is 16.7. The lowest BCUT2D eigenvalue weighted by atomic mass is 10.1. The lowest BCUT2D eigenvalue weighted by molar-refractivity contribution is 0.0491. The fraction of sp³-hybridized carbons (Fsp3) is 0.346. The first-order valence-corrected chi connectivity index (χ1v) is 11.0. The van der Waals surface area contributed by atoms with E-state index in [1.54, 1.807) is 51.1 Å². The molecule has 0 bridgehead atoms. The van der Waals surface area contributed by atoms with Crippen LogP contribution in [0.15, 0.2) is 48.5 Å². The van der Waals surface area contributed by atoms with Crippen LogP contribution in [0.3, 0.4) is 0 Å². The zero-order valence-corrected chi connectivity index (χ0v) is 20.2. The number of ether oxygens (including phenoxy) is 4. The lowest BCUT2D eigenvalue weighted by Gasteiger charge is -2.20. The highest BCUT2D eigenvalue weighted by Gasteiger charge is 2.17. The highest BCUT2D eigenvalue weighted by molar-refractivity contribution is 5.86. The largest absolute Gasteiger partial charge is 0.487 e. The number of nitrogens with zero attached hydrogens (tertiary/aromatic N) is 2. The van der Waals surface area contributed by atoms with Crippen LogP contribution in [0, 0.1) is 11.3 Å². The number of carbonyl (C=O) groups excluding carboxylic acids is 1. The molecule has 1 amide bonds. The zero-order valence-electron chi connectivity index (χ0n) is 20.2. The van der Waals surface area contributed by atoms with E-state index in [4.69, 9.17) is 18.9 Å². The zero-order chi connectivity index (χ0) is 25.4. The number of pyridine rings is 1. The van der Waals surface area contributed by atoms with Gasteiger partial charge in [-0.25, -0.2) is 9.78 Å². The third-order valence-electron chi connectivity index (χ3n) is 4.82. The molecule has 0 aliphatic rings. The van der Waals surface area contributed by atoms with E-state index in [0.717, 1.165) is 5.39 Å². The Labute approximate surface area is 204 Å². The standard InChI is InChI=1S/C26H29N3O6/c1-26(2,3)35-25(31)28-14-22(30)17-6-10-20(11-7-17)33-15-19-9-5-18-8-12-23(34-16-32-4)21(13-27)24(18)29-19/h5-12,22,30H,14-16H2,1-4H3,(H,28,31). The molecule has 3 rings (SSSR count). The van der Waals surface area contributed by atoms with Crippen molar-refractivity contribution in [3.05, 3.63) is 65.4 Å². The van der Waals surface area contributed by atoms with Crippen molar-refractivity contribution in [3.8, 4) is 17.6 Å². The van der Waals surface area contributed by atoms with Gasteiger partial charge >= 0.3 is 6.09 Å². The second-order valence-corrected chi connectivity index (χ2v) is 8.73. The Morgan fingerprint density at radius 2 is 1.83 bits per heavy atom. The number of nitriles is 1. The normalized spacial score (nSPS) is 12.0. The molecule has 1 atom stereocenters. The van der Waals surface area contributed by atoms with Gasteiger partial charge in [0.25, 0.3) is 0 Å². The third kappa shape index (κ3) is 7.30. The van der Waals surface area contributed by atoms with Gasteiger partial charge in [0, 0.05) is 12.5 Å². The number of amides is 1. The summed E-state index contributed by atoms with van der Waals surface area (Å²) < 4.78 is 21.4. The van der Waals surface area contributed by atoms with Crippen molar-refractivity contribution < 1.29 is 28.8 Å². The first-order chi connectivity index (χ1) is 16.7. The summed E-state index contributed by atoms with van der Waals surface area (Å²) in [6, 6.07) is 16.3. The molecule has 0 aliphatic carbocycles. The number of methoxy groups -OCH3 is 1. The molecule has 1 unspecified atom stereocenters.